The van der Waals surface area contributed by atoms with Crippen LogP contribution in [-0.2, 0) is 0 Å². The lowest BCUT2D eigenvalue weighted by Gasteiger charge is -2.13. The number of para-hydroxylation sites is 1. The Kier molecular flexibility index (Phi) is 5.99. The van der Waals surface area contributed by atoms with E-state index >= 15 is 0 Å². The molecule has 3 aromatic rings. The van der Waals surface area contributed by atoms with E-state index in [1.165, 1.54) is 30.0 Å². The number of aliphatic hydroxyl groups is 1. The summed E-state index contributed by atoms with van der Waals surface area (Å²) in [6, 6.07) is 22.0. The van der Waals surface area contributed by atoms with Crippen LogP contribution in [0.3, 0.4) is 0 Å². The van der Waals surface area contributed by atoms with Gasteiger partial charge in [-0.3, -0.25) is 0 Å². The van der Waals surface area contributed by atoms with Crippen molar-refractivity contribution in [3.05, 3.63) is 100 Å². The minimum absolute atomic E-state index is 0.279. The Hall–Kier alpha value is -3.27. The van der Waals surface area contributed by atoms with Gasteiger partial charge in [0.2, 0.25) is 0 Å². The lowest BCUT2D eigenvalue weighted by atomic mass is 9.97. The second-order valence-electron chi connectivity index (χ2n) is 6.07. The molecule has 3 rings (SSSR count). The van der Waals surface area contributed by atoms with Crippen molar-refractivity contribution in [3.8, 4) is 6.07 Å². The fourth-order valence-corrected chi connectivity index (χ4v) is 3.57. The maximum atomic E-state index is 13.5. The zero-order valence-corrected chi connectivity index (χ0v) is 15.7. The van der Waals surface area contributed by atoms with E-state index in [9.17, 15) is 14.8 Å². The molecular weight excluding hydrogens is 373 g/mol. The van der Waals surface area contributed by atoms with Crippen molar-refractivity contribution in [2.75, 3.05) is 5.73 Å². The van der Waals surface area contributed by atoms with Crippen LogP contribution >= 0.6 is 11.8 Å². The largest absolute Gasteiger partial charge is 0.398 e. The summed E-state index contributed by atoms with van der Waals surface area (Å²) < 4.78 is 13.5. The molecule has 1 atom stereocenters. The first-order valence-corrected chi connectivity index (χ1v) is 9.27. The van der Waals surface area contributed by atoms with Gasteiger partial charge in [-0.15, -0.1) is 0 Å². The Morgan fingerprint density at radius 1 is 1.00 bits per heavy atom. The minimum Gasteiger partial charge on any atom is -0.398 e. The highest BCUT2D eigenvalue weighted by Gasteiger charge is 2.15. The average Bonchev–Trinajstić information content (AvgIpc) is 2.70. The Labute approximate surface area is 166 Å². The predicted molar refractivity (Wildman–Crippen MR) is 110 cm³/mol. The number of benzene rings is 3. The predicted octanol–water partition coefficient (Wildman–Crippen LogP) is 4.43. The van der Waals surface area contributed by atoms with E-state index in [0.29, 0.717) is 27.4 Å². The van der Waals surface area contributed by atoms with Gasteiger partial charge in [-0.25, -0.2) is 4.39 Å². The van der Waals surface area contributed by atoms with Gasteiger partial charge in [0.25, 0.3) is 0 Å². The molecule has 0 saturated carbocycles. The molecule has 0 aliphatic rings. The van der Waals surface area contributed by atoms with Crippen molar-refractivity contribution in [1.82, 2.24) is 0 Å². The third-order valence-corrected chi connectivity index (χ3v) is 5.17. The van der Waals surface area contributed by atoms with Gasteiger partial charge < -0.3 is 16.6 Å². The molecule has 0 aromatic heterocycles. The maximum absolute atomic E-state index is 13.5. The van der Waals surface area contributed by atoms with Gasteiger partial charge in [0.05, 0.1) is 10.6 Å². The van der Waals surface area contributed by atoms with Crippen LogP contribution in [0, 0.1) is 17.1 Å². The average molecular weight is 391 g/mol. The summed E-state index contributed by atoms with van der Waals surface area (Å²) in [6.45, 7) is 0. The summed E-state index contributed by atoms with van der Waals surface area (Å²) in [5, 5.41) is 20.5. The fraction of sp³-hybridized carbons (Fsp3) is 0.0455. The Balaban J connectivity index is 1.95. The van der Waals surface area contributed by atoms with Crippen molar-refractivity contribution in [1.29, 1.82) is 5.26 Å². The Bertz CT molecular complexity index is 1080. The quantitative estimate of drug-likeness (QED) is 0.340. The zero-order valence-electron chi connectivity index (χ0n) is 14.8. The zero-order chi connectivity index (χ0) is 20.1. The van der Waals surface area contributed by atoms with Gasteiger partial charge in [-0.1, -0.05) is 54.2 Å². The molecule has 0 amide bonds. The van der Waals surface area contributed by atoms with Crippen molar-refractivity contribution < 1.29 is 9.50 Å². The highest BCUT2D eigenvalue weighted by molar-refractivity contribution is 8.03. The lowest BCUT2D eigenvalue weighted by molar-refractivity contribution is 0.220. The van der Waals surface area contributed by atoms with E-state index in [4.69, 9.17) is 11.5 Å². The van der Waals surface area contributed by atoms with Gasteiger partial charge >= 0.3 is 0 Å². The Morgan fingerprint density at radius 2 is 1.68 bits per heavy atom. The monoisotopic (exact) mass is 391 g/mol. The first kappa shape index (κ1) is 19.5. The summed E-state index contributed by atoms with van der Waals surface area (Å²) in [7, 11) is 0. The molecule has 0 bridgehead atoms. The van der Waals surface area contributed by atoms with Crippen LogP contribution in [-0.4, -0.2) is 5.11 Å². The second-order valence-corrected chi connectivity index (χ2v) is 7.16. The minimum atomic E-state index is -1.02. The van der Waals surface area contributed by atoms with Gasteiger partial charge in [0, 0.05) is 10.6 Å². The van der Waals surface area contributed by atoms with E-state index in [-0.39, 0.29) is 5.57 Å². The number of allylic oxidation sites excluding steroid dienone is 1. The molecule has 28 heavy (non-hydrogen) atoms. The molecule has 3 aromatic carbocycles. The smallest absolute Gasteiger partial charge is 0.123 e. The van der Waals surface area contributed by atoms with Gasteiger partial charge in [0.1, 0.15) is 18.0 Å². The molecule has 0 spiro atoms. The van der Waals surface area contributed by atoms with Crippen molar-refractivity contribution >= 4 is 23.0 Å². The normalized spacial score (nSPS) is 12.8. The topological polar surface area (TPSA) is 96.1 Å². The highest BCUT2D eigenvalue weighted by atomic mass is 32.2. The van der Waals surface area contributed by atoms with Crippen LogP contribution in [0.5, 0.6) is 0 Å². The number of rotatable bonds is 5. The number of anilines is 1. The number of thioether (sulfide) groups is 1. The molecule has 1 unspecified atom stereocenters. The van der Waals surface area contributed by atoms with Crippen molar-refractivity contribution in [2.45, 2.75) is 11.0 Å². The molecular formula is C22H18FN3OS. The van der Waals surface area contributed by atoms with Crippen LogP contribution < -0.4 is 11.5 Å². The van der Waals surface area contributed by atoms with Gasteiger partial charge in [-0.05, 0) is 47.0 Å². The third-order valence-electron chi connectivity index (χ3n) is 4.15. The highest BCUT2D eigenvalue weighted by Crippen LogP contribution is 2.33. The summed E-state index contributed by atoms with van der Waals surface area (Å²) in [5.41, 5.74) is 14.5. The molecule has 0 radical (unpaired) electrons. The molecule has 0 heterocycles. The van der Waals surface area contributed by atoms with Crippen LogP contribution in [0.2, 0.25) is 0 Å². The first-order valence-electron chi connectivity index (χ1n) is 8.45. The van der Waals surface area contributed by atoms with Crippen LogP contribution in [0.15, 0.2) is 82.7 Å². The number of nitrogen functional groups attached to an aromatic ring is 1. The second kappa shape index (κ2) is 8.61. The molecule has 6 heteroatoms. The number of nitrogens with zero attached hydrogens (tertiary/aromatic N) is 1. The molecule has 0 aliphatic heterocycles. The Morgan fingerprint density at radius 3 is 2.36 bits per heavy atom. The molecule has 4 nitrogen and oxygen atoms in total. The molecule has 5 N–H and O–H groups in total. The van der Waals surface area contributed by atoms with Crippen LogP contribution in [0.1, 0.15) is 22.8 Å². The number of hydrogen-bond donors (Lipinski definition) is 3. The number of hydrogen-bond acceptors (Lipinski definition) is 5. The molecule has 140 valence electrons. The lowest BCUT2D eigenvalue weighted by Crippen LogP contribution is -2.02. The van der Waals surface area contributed by atoms with Crippen molar-refractivity contribution in [3.63, 3.8) is 0 Å². The SMILES string of the molecule is N#C/C(=C(/N)Sc1ccccc1N)c1cccc(C(O)c2cccc(F)c2)c1. The standard InChI is InChI=1S/C22H18FN3OS/c23-17-8-4-7-16(12-17)21(27)15-6-3-5-14(11-15)18(13-24)22(26)28-20-10-2-1-9-19(20)25/h1-12,21,27H,25-26H2/b22-18+. The third kappa shape index (κ3) is 4.34. The van der Waals surface area contributed by atoms with E-state index < -0.39 is 11.9 Å². The van der Waals surface area contributed by atoms with E-state index in [0.717, 1.165) is 4.90 Å². The number of nitriles is 1. The summed E-state index contributed by atoms with van der Waals surface area (Å²) in [5.74, 6) is -0.425. The van der Waals surface area contributed by atoms with Crippen molar-refractivity contribution in [2.24, 2.45) is 5.73 Å². The molecule has 0 saturated heterocycles. The van der Waals surface area contributed by atoms with E-state index in [1.807, 2.05) is 18.2 Å². The fourth-order valence-electron chi connectivity index (χ4n) is 2.74. The molecule has 0 aliphatic carbocycles. The van der Waals surface area contributed by atoms with E-state index in [1.54, 1.807) is 36.4 Å². The number of nitrogens with two attached hydrogens (primary N) is 2. The van der Waals surface area contributed by atoms with Crippen LogP contribution in [0.25, 0.3) is 5.57 Å². The van der Waals surface area contributed by atoms with Gasteiger partial charge in [-0.2, -0.15) is 5.26 Å². The number of halogens is 1. The van der Waals surface area contributed by atoms with E-state index in [2.05, 4.69) is 6.07 Å². The summed E-state index contributed by atoms with van der Waals surface area (Å²) in [6.07, 6.45) is -1.02. The van der Waals surface area contributed by atoms with Gasteiger partial charge in [0.15, 0.2) is 0 Å². The number of aliphatic hydroxyl groups excluding tert-OH is 1. The molecule has 0 fully saturated rings. The van der Waals surface area contributed by atoms with Crippen LogP contribution in [0.4, 0.5) is 10.1 Å². The first-order chi connectivity index (χ1) is 13.5. The summed E-state index contributed by atoms with van der Waals surface area (Å²) >= 11 is 1.21. The summed E-state index contributed by atoms with van der Waals surface area (Å²) in [4.78, 5) is 0.753. The maximum Gasteiger partial charge on any atom is 0.123 e.